The summed E-state index contributed by atoms with van der Waals surface area (Å²) in [5, 5.41) is 0. The minimum Gasteiger partial charge on any atom is -0.461 e. The lowest BCUT2D eigenvalue weighted by molar-refractivity contribution is 0.0520. The van der Waals surface area contributed by atoms with Crippen LogP contribution in [0, 0.1) is 5.92 Å². The lowest BCUT2D eigenvalue weighted by Crippen LogP contribution is -2.24. The topological polar surface area (TPSA) is 79.4 Å². The molecule has 6 heteroatoms. The molecule has 0 bridgehead atoms. The number of anilines is 1. The number of nitrogens with two attached hydrogens (primary N) is 1. The lowest BCUT2D eigenvalue weighted by atomic mass is 10.0. The van der Waals surface area contributed by atoms with E-state index in [2.05, 4.69) is 18.8 Å². The van der Waals surface area contributed by atoms with Gasteiger partial charge in [-0.1, -0.05) is 20.8 Å². The van der Waals surface area contributed by atoms with Crippen molar-refractivity contribution in [2.75, 3.05) is 25.6 Å². The third-order valence-electron chi connectivity index (χ3n) is 3.40. The van der Waals surface area contributed by atoms with Crippen molar-refractivity contribution in [3.8, 4) is 0 Å². The van der Waals surface area contributed by atoms with Gasteiger partial charge in [-0.2, -0.15) is 0 Å². The first-order valence-electron chi connectivity index (χ1n) is 7.59. The molecule has 1 atom stereocenters. The smallest absolute Gasteiger partial charge is 0.360 e. The van der Waals surface area contributed by atoms with Crippen LogP contribution >= 0.6 is 0 Å². The Kier molecular flexibility index (Phi) is 6.68. The second-order valence-corrected chi connectivity index (χ2v) is 5.18. The Morgan fingerprint density at radius 2 is 1.95 bits per heavy atom. The summed E-state index contributed by atoms with van der Waals surface area (Å²) in [4.78, 5) is 16.3. The number of nitrogen functional groups attached to an aromatic ring is 1. The van der Waals surface area contributed by atoms with Crippen LogP contribution in [0.2, 0.25) is 0 Å². The maximum absolute atomic E-state index is 11.9. The van der Waals surface area contributed by atoms with E-state index in [0.29, 0.717) is 38.0 Å². The number of hydrogen-bond acceptors (Lipinski definition) is 5. The summed E-state index contributed by atoms with van der Waals surface area (Å²) in [5.41, 5.74) is 6.37. The minimum absolute atomic E-state index is 0.0515. The molecular formula is C15H27N3O3. The second-order valence-electron chi connectivity index (χ2n) is 5.18. The zero-order valence-corrected chi connectivity index (χ0v) is 13.7. The van der Waals surface area contributed by atoms with E-state index in [4.69, 9.17) is 15.2 Å². The van der Waals surface area contributed by atoms with Crippen LogP contribution in [0.1, 0.15) is 57.0 Å². The van der Waals surface area contributed by atoms with Crippen molar-refractivity contribution in [2.45, 2.75) is 47.1 Å². The number of imidazole rings is 1. The number of hydrogen-bond donors (Lipinski definition) is 1. The normalized spacial score (nSPS) is 12.7. The van der Waals surface area contributed by atoms with E-state index in [1.54, 1.807) is 6.92 Å². The molecule has 0 aliphatic heterocycles. The average Bonchev–Trinajstić information content (AvgIpc) is 2.77. The summed E-state index contributed by atoms with van der Waals surface area (Å²) in [7, 11) is 0. The number of aromatic nitrogens is 2. The van der Waals surface area contributed by atoms with Crippen LogP contribution in [-0.4, -0.2) is 35.3 Å². The largest absolute Gasteiger partial charge is 0.461 e. The molecule has 6 nitrogen and oxygen atoms in total. The zero-order valence-electron chi connectivity index (χ0n) is 13.7. The van der Waals surface area contributed by atoms with Gasteiger partial charge in [0, 0.05) is 13.0 Å². The van der Waals surface area contributed by atoms with Crippen molar-refractivity contribution in [1.29, 1.82) is 0 Å². The van der Waals surface area contributed by atoms with Crippen LogP contribution < -0.4 is 5.73 Å². The molecule has 21 heavy (non-hydrogen) atoms. The van der Waals surface area contributed by atoms with Gasteiger partial charge in [-0.25, -0.2) is 9.78 Å². The molecule has 0 amide bonds. The fourth-order valence-electron chi connectivity index (χ4n) is 2.27. The van der Waals surface area contributed by atoms with Gasteiger partial charge in [0.05, 0.1) is 19.3 Å². The molecule has 0 fully saturated rings. The van der Waals surface area contributed by atoms with E-state index in [1.807, 2.05) is 18.4 Å². The first kappa shape index (κ1) is 17.5. The number of rotatable bonds is 8. The van der Waals surface area contributed by atoms with E-state index in [0.717, 1.165) is 5.82 Å². The van der Waals surface area contributed by atoms with Crippen molar-refractivity contribution >= 4 is 11.8 Å². The molecular weight excluding hydrogens is 270 g/mol. The van der Waals surface area contributed by atoms with E-state index in [-0.39, 0.29) is 11.7 Å². The number of aryl methyl sites for hydroxylation is 1. The van der Waals surface area contributed by atoms with Crippen molar-refractivity contribution < 1.29 is 14.3 Å². The molecule has 0 spiro atoms. The molecule has 1 unspecified atom stereocenters. The van der Waals surface area contributed by atoms with Crippen molar-refractivity contribution in [2.24, 2.45) is 5.92 Å². The number of ether oxygens (including phenoxy) is 2. The van der Waals surface area contributed by atoms with Crippen molar-refractivity contribution in [3.05, 3.63) is 11.5 Å². The van der Waals surface area contributed by atoms with Gasteiger partial charge in [0.1, 0.15) is 11.6 Å². The maximum Gasteiger partial charge on any atom is 0.360 e. The molecule has 0 saturated heterocycles. The molecule has 0 aromatic carbocycles. The summed E-state index contributed by atoms with van der Waals surface area (Å²) in [6.45, 7) is 11.4. The van der Waals surface area contributed by atoms with E-state index >= 15 is 0 Å². The molecule has 0 saturated carbocycles. The van der Waals surface area contributed by atoms with Gasteiger partial charge < -0.3 is 19.8 Å². The molecule has 0 aliphatic rings. The highest BCUT2D eigenvalue weighted by molar-refractivity contribution is 5.92. The molecule has 0 aliphatic carbocycles. The number of carbonyl (C=O) groups is 1. The van der Waals surface area contributed by atoms with Crippen molar-refractivity contribution in [3.63, 3.8) is 0 Å². The predicted octanol–water partition coefficient (Wildman–Crippen LogP) is 2.44. The van der Waals surface area contributed by atoms with E-state index in [1.165, 1.54) is 0 Å². The van der Waals surface area contributed by atoms with Gasteiger partial charge in [0.25, 0.3) is 0 Å². The fraction of sp³-hybridized carbons (Fsp3) is 0.733. The van der Waals surface area contributed by atoms with Gasteiger partial charge in [-0.15, -0.1) is 0 Å². The monoisotopic (exact) mass is 297 g/mol. The Labute approximate surface area is 126 Å². The molecule has 120 valence electrons. The molecule has 2 N–H and O–H groups in total. The van der Waals surface area contributed by atoms with Crippen LogP contribution in [0.5, 0.6) is 0 Å². The Bertz CT molecular complexity index is 469. The Morgan fingerprint density at radius 1 is 1.29 bits per heavy atom. The summed E-state index contributed by atoms with van der Waals surface area (Å²) < 4.78 is 12.5. The van der Waals surface area contributed by atoms with Crippen LogP contribution in [0.4, 0.5) is 5.82 Å². The summed E-state index contributed by atoms with van der Waals surface area (Å²) in [6.07, 6.45) is 0.693. The van der Waals surface area contributed by atoms with Gasteiger partial charge in [-0.3, -0.25) is 0 Å². The Balaban J connectivity index is 3.22. The third-order valence-corrected chi connectivity index (χ3v) is 3.40. The first-order valence-corrected chi connectivity index (χ1v) is 7.59. The fourth-order valence-corrected chi connectivity index (χ4v) is 2.27. The summed E-state index contributed by atoms with van der Waals surface area (Å²) in [6, 6.07) is 0.0515. The van der Waals surface area contributed by atoms with E-state index in [9.17, 15) is 4.79 Å². The van der Waals surface area contributed by atoms with Gasteiger partial charge >= 0.3 is 5.97 Å². The lowest BCUT2D eigenvalue weighted by Gasteiger charge is -2.25. The number of esters is 1. The molecule has 1 aromatic rings. The molecule has 1 heterocycles. The second kappa shape index (κ2) is 8.02. The quantitative estimate of drug-likeness (QED) is 0.745. The highest BCUT2D eigenvalue weighted by Gasteiger charge is 2.27. The Morgan fingerprint density at radius 3 is 2.43 bits per heavy atom. The third kappa shape index (κ3) is 3.97. The summed E-state index contributed by atoms with van der Waals surface area (Å²) in [5.74, 6) is 0.994. The predicted molar refractivity (Wildman–Crippen MR) is 82.3 cm³/mol. The number of carbonyl (C=O) groups excluding carboxylic acids is 1. The maximum atomic E-state index is 11.9. The zero-order chi connectivity index (χ0) is 16.0. The van der Waals surface area contributed by atoms with Crippen molar-refractivity contribution in [1.82, 2.24) is 9.55 Å². The Hall–Kier alpha value is -1.56. The first-order chi connectivity index (χ1) is 9.97. The van der Waals surface area contributed by atoms with Crippen LogP contribution in [0.3, 0.4) is 0 Å². The van der Waals surface area contributed by atoms with Gasteiger partial charge in [0.2, 0.25) is 0 Å². The van der Waals surface area contributed by atoms with Crippen LogP contribution in [-0.2, 0) is 15.9 Å². The van der Waals surface area contributed by atoms with Crippen LogP contribution in [0.15, 0.2) is 0 Å². The number of nitrogens with zero attached hydrogens (tertiary/aromatic N) is 2. The highest BCUT2D eigenvalue weighted by Crippen LogP contribution is 2.27. The molecule has 1 aromatic heterocycles. The standard InChI is InChI=1S/C15H27N3O3/c1-6-12-17-13(15(19)21-8-3)14(16)18(12)11(10(4)5)9-20-7-2/h10-11H,6-9,16H2,1-5H3. The minimum atomic E-state index is -0.470. The molecule has 1 rings (SSSR count). The van der Waals surface area contributed by atoms with E-state index < -0.39 is 5.97 Å². The summed E-state index contributed by atoms with van der Waals surface area (Å²) >= 11 is 0. The SMILES string of the molecule is CCOCC(C(C)C)n1c(CC)nc(C(=O)OCC)c1N. The van der Waals surface area contributed by atoms with Crippen LogP contribution in [0.25, 0.3) is 0 Å². The highest BCUT2D eigenvalue weighted by atomic mass is 16.5. The van der Waals surface area contributed by atoms with Gasteiger partial charge in [0.15, 0.2) is 5.69 Å². The average molecular weight is 297 g/mol. The molecule has 0 radical (unpaired) electrons. The van der Waals surface area contributed by atoms with Gasteiger partial charge in [-0.05, 0) is 19.8 Å².